The molecule has 1 unspecified atom stereocenters. The van der Waals surface area contributed by atoms with Gasteiger partial charge in [-0.05, 0) is 73.1 Å². The summed E-state index contributed by atoms with van der Waals surface area (Å²) >= 11 is 0. The Morgan fingerprint density at radius 2 is 1.89 bits per heavy atom. The van der Waals surface area contributed by atoms with Gasteiger partial charge in [0.05, 0.1) is 32.0 Å². The number of nitrogens with zero attached hydrogens (tertiary/aromatic N) is 1. The molecule has 0 radical (unpaired) electrons. The highest BCUT2D eigenvalue weighted by atomic mass is 19.1. The summed E-state index contributed by atoms with van der Waals surface area (Å²) in [4.78, 5) is 28.9. The third-order valence-electron chi connectivity index (χ3n) is 9.06. The molecule has 2 bridgehead atoms. The van der Waals surface area contributed by atoms with Crippen LogP contribution in [0.25, 0.3) is 0 Å². The molecule has 0 saturated carbocycles. The van der Waals surface area contributed by atoms with Crippen LogP contribution in [0.1, 0.15) is 74.3 Å². The highest BCUT2D eigenvalue weighted by Gasteiger charge is 2.39. The van der Waals surface area contributed by atoms with Crippen molar-refractivity contribution in [3.63, 3.8) is 0 Å². The van der Waals surface area contributed by atoms with Gasteiger partial charge in [0.25, 0.3) is 0 Å². The Kier molecular flexibility index (Phi) is 10.7. The summed E-state index contributed by atoms with van der Waals surface area (Å²) in [5, 5.41) is 17.8. The van der Waals surface area contributed by atoms with Gasteiger partial charge in [0.2, 0.25) is 11.8 Å². The third-order valence-corrected chi connectivity index (χ3v) is 9.06. The molecule has 6 atom stereocenters. The van der Waals surface area contributed by atoms with Crippen molar-refractivity contribution >= 4 is 11.8 Å². The molecule has 2 aromatic rings. The van der Waals surface area contributed by atoms with Crippen LogP contribution in [-0.2, 0) is 20.7 Å². The summed E-state index contributed by atoms with van der Waals surface area (Å²) in [6.07, 6.45) is 6.79. The Bertz CT molecular complexity index is 1330. The number of unbranched alkanes of at least 4 members (excludes halogenated alkanes) is 1. The second-order valence-electron chi connectivity index (χ2n) is 12.1. The van der Waals surface area contributed by atoms with Crippen molar-refractivity contribution in [3.8, 4) is 5.75 Å². The maximum atomic E-state index is 14.1. The molecule has 0 aromatic heterocycles. The van der Waals surface area contributed by atoms with E-state index in [-0.39, 0.29) is 43.4 Å². The number of aliphatic hydroxyl groups excluding tert-OH is 1. The summed E-state index contributed by atoms with van der Waals surface area (Å²) < 4.78 is 39.9. The number of benzene rings is 2. The number of methoxy groups -OCH3 is 1. The molecular weight excluding hydrogens is 568 g/mol. The fraction of sp³-hybridized carbons (Fsp3) is 0.529. The van der Waals surface area contributed by atoms with Crippen LogP contribution in [-0.4, -0.2) is 66.8 Å². The van der Waals surface area contributed by atoms with Crippen molar-refractivity contribution < 1.29 is 33.0 Å². The van der Waals surface area contributed by atoms with Gasteiger partial charge in [0.1, 0.15) is 23.4 Å². The lowest BCUT2D eigenvalue weighted by molar-refractivity contribution is -0.140. The minimum atomic E-state index is -1.10. The van der Waals surface area contributed by atoms with Crippen LogP contribution in [0.5, 0.6) is 5.75 Å². The Labute approximate surface area is 257 Å². The Morgan fingerprint density at radius 3 is 2.64 bits per heavy atom. The topological polar surface area (TPSA) is 100 Å². The molecule has 2 aromatic carbocycles. The number of halogens is 2. The van der Waals surface area contributed by atoms with Crippen LogP contribution in [0.15, 0.2) is 48.6 Å². The van der Waals surface area contributed by atoms with Crippen LogP contribution < -0.4 is 15.4 Å². The molecule has 10 heteroatoms. The predicted molar refractivity (Wildman–Crippen MR) is 162 cm³/mol. The number of β-amino-alcohol motifs (C(OH)–C–C–N with tert-alkyl or cyclic N) is 1. The fourth-order valence-electron chi connectivity index (χ4n) is 6.68. The smallest absolute Gasteiger partial charge is 0.243 e. The molecule has 1 fully saturated rings. The van der Waals surface area contributed by atoms with E-state index in [1.165, 1.54) is 12.1 Å². The van der Waals surface area contributed by atoms with Gasteiger partial charge in [0.15, 0.2) is 0 Å². The maximum Gasteiger partial charge on any atom is 0.243 e. The van der Waals surface area contributed by atoms with E-state index in [2.05, 4.69) is 17.6 Å². The molecule has 3 N–H and O–H groups in total. The number of rotatable bonds is 7. The van der Waals surface area contributed by atoms with E-state index in [4.69, 9.17) is 9.47 Å². The minimum absolute atomic E-state index is 0.000288. The van der Waals surface area contributed by atoms with E-state index in [1.807, 2.05) is 30.4 Å². The molecule has 2 heterocycles. The van der Waals surface area contributed by atoms with Gasteiger partial charge in [-0.3, -0.25) is 9.59 Å². The number of hydrogen-bond donors (Lipinski definition) is 3. The summed E-state index contributed by atoms with van der Waals surface area (Å²) in [5.74, 6) is -1.31. The molecule has 0 spiro atoms. The number of likely N-dealkylation sites (tertiary alicyclic amines) is 1. The SMILES string of the molecule is CCCCC1CCN([C@H]2CC=CCO[C@@H]3C[C@H](NC[C@@H](O)[C@H](Cc4cc(F)cc(F)c4)NC2=O)c2cc(OC)ccc23)C1=O. The van der Waals surface area contributed by atoms with E-state index >= 15 is 0 Å². The van der Waals surface area contributed by atoms with Gasteiger partial charge >= 0.3 is 0 Å². The third kappa shape index (κ3) is 7.47. The molecule has 1 saturated heterocycles. The molecule has 2 amide bonds. The van der Waals surface area contributed by atoms with E-state index in [9.17, 15) is 23.5 Å². The molecule has 1 aliphatic carbocycles. The predicted octanol–water partition coefficient (Wildman–Crippen LogP) is 4.52. The van der Waals surface area contributed by atoms with Crippen molar-refractivity contribution in [3.05, 3.63) is 76.9 Å². The lowest BCUT2D eigenvalue weighted by atomic mass is 9.99. The van der Waals surface area contributed by atoms with Crippen LogP contribution in [0, 0.1) is 17.6 Å². The standard InChI is InChI=1S/C34H43F2N3O5/c1-3-4-7-22-11-12-39(34(22)42)30-8-5-6-13-44-32-19-28(27-18-25(43-2)9-10-26(27)32)37-20-31(40)29(38-33(30)41)16-21-14-23(35)17-24(36)15-21/h5-6,9-10,14-15,17-18,22,28-32,37,40H,3-4,7-8,11-13,16,19-20H2,1-2H3,(H,38,41)/t22?,28-,29-,30-,31+,32+/m0/s1. The van der Waals surface area contributed by atoms with Crippen molar-refractivity contribution in [1.82, 2.24) is 15.5 Å². The first-order valence-electron chi connectivity index (χ1n) is 15.7. The number of ether oxygens (including phenoxy) is 2. The number of aliphatic hydroxyl groups is 1. The lowest BCUT2D eigenvalue weighted by Gasteiger charge is -2.31. The first kappa shape index (κ1) is 32.1. The molecule has 3 aliphatic rings. The number of amides is 2. The lowest BCUT2D eigenvalue weighted by Crippen LogP contribution is -2.55. The minimum Gasteiger partial charge on any atom is -0.497 e. The van der Waals surface area contributed by atoms with Crippen molar-refractivity contribution in [2.75, 3.05) is 26.8 Å². The van der Waals surface area contributed by atoms with E-state index in [1.54, 1.807) is 12.0 Å². The monoisotopic (exact) mass is 611 g/mol. The van der Waals surface area contributed by atoms with Gasteiger partial charge in [-0.15, -0.1) is 0 Å². The zero-order chi connectivity index (χ0) is 31.2. The highest BCUT2D eigenvalue weighted by Crippen LogP contribution is 2.42. The average molecular weight is 612 g/mol. The maximum absolute atomic E-state index is 14.1. The number of carbonyl (C=O) groups is 2. The number of hydrogen-bond acceptors (Lipinski definition) is 6. The Balaban J connectivity index is 1.43. The van der Waals surface area contributed by atoms with Crippen molar-refractivity contribution in [1.29, 1.82) is 0 Å². The first-order valence-corrected chi connectivity index (χ1v) is 15.7. The summed E-state index contributed by atoms with van der Waals surface area (Å²) in [6, 6.07) is 7.24. The van der Waals surface area contributed by atoms with Crippen molar-refractivity contribution in [2.45, 2.75) is 82.2 Å². The molecule has 5 rings (SSSR count). The van der Waals surface area contributed by atoms with Gasteiger partial charge in [0, 0.05) is 31.1 Å². The van der Waals surface area contributed by atoms with Crippen molar-refractivity contribution in [2.24, 2.45) is 5.92 Å². The quantitative estimate of drug-likeness (QED) is 0.399. The number of fused-ring (bicyclic) bond motifs is 5. The van der Waals surface area contributed by atoms with Gasteiger partial charge in [-0.1, -0.05) is 38.0 Å². The van der Waals surface area contributed by atoms with Crippen LogP contribution in [0.4, 0.5) is 8.78 Å². The zero-order valence-corrected chi connectivity index (χ0v) is 25.4. The van der Waals surface area contributed by atoms with E-state index < -0.39 is 35.7 Å². The average Bonchev–Trinajstić information content (AvgIpc) is 3.53. The molecule has 238 valence electrons. The normalized spacial score (nSPS) is 27.9. The summed E-state index contributed by atoms with van der Waals surface area (Å²) in [7, 11) is 1.61. The van der Waals surface area contributed by atoms with Gasteiger partial charge in [-0.25, -0.2) is 8.78 Å². The van der Waals surface area contributed by atoms with E-state index in [0.717, 1.165) is 36.5 Å². The Hall–Kier alpha value is -3.34. The number of nitrogens with one attached hydrogen (secondary N) is 2. The summed E-state index contributed by atoms with van der Waals surface area (Å²) in [6.45, 7) is 3.00. The summed E-state index contributed by atoms with van der Waals surface area (Å²) in [5.41, 5.74) is 2.36. The largest absolute Gasteiger partial charge is 0.497 e. The van der Waals surface area contributed by atoms with E-state index in [0.29, 0.717) is 37.3 Å². The second-order valence-corrected chi connectivity index (χ2v) is 12.1. The van der Waals surface area contributed by atoms with Crippen LogP contribution in [0.2, 0.25) is 0 Å². The first-order chi connectivity index (χ1) is 21.3. The second kappa shape index (κ2) is 14.6. The molecule has 44 heavy (non-hydrogen) atoms. The Morgan fingerprint density at radius 1 is 1.09 bits per heavy atom. The van der Waals surface area contributed by atoms with Crippen LogP contribution in [0.3, 0.4) is 0 Å². The van der Waals surface area contributed by atoms with Gasteiger partial charge in [-0.2, -0.15) is 0 Å². The van der Waals surface area contributed by atoms with Crippen LogP contribution >= 0.6 is 0 Å². The van der Waals surface area contributed by atoms with Gasteiger partial charge < -0.3 is 30.1 Å². The fourth-order valence-corrected chi connectivity index (χ4v) is 6.68. The molecule has 8 nitrogen and oxygen atoms in total. The zero-order valence-electron chi connectivity index (χ0n) is 25.4. The number of carbonyl (C=O) groups excluding carboxylic acids is 2. The molecular formula is C34H43F2N3O5. The molecule has 2 aliphatic heterocycles. The highest BCUT2D eigenvalue weighted by molar-refractivity contribution is 5.90.